The Hall–Kier alpha value is -2.20. The highest BCUT2D eigenvalue weighted by molar-refractivity contribution is 6.31. The number of hydrogen-bond donors (Lipinski definition) is 1. The van der Waals surface area contributed by atoms with Crippen LogP contribution in [0.2, 0.25) is 5.02 Å². The number of nitrogen functional groups attached to an aromatic ring is 1. The second kappa shape index (κ2) is 4.15. The van der Waals surface area contributed by atoms with E-state index < -0.39 is 0 Å². The van der Waals surface area contributed by atoms with Crippen molar-refractivity contribution in [1.29, 1.82) is 0 Å². The summed E-state index contributed by atoms with van der Waals surface area (Å²) >= 11 is 6.01. The van der Waals surface area contributed by atoms with Crippen molar-refractivity contribution in [3.8, 4) is 5.75 Å². The maximum atomic E-state index is 6.09. The lowest BCUT2D eigenvalue weighted by molar-refractivity contribution is 0.320. The molecule has 0 aliphatic carbocycles. The molecular formula is C15H12ClN3O. The molecule has 1 aliphatic rings. The van der Waals surface area contributed by atoms with Crippen molar-refractivity contribution < 1.29 is 4.74 Å². The highest BCUT2D eigenvalue weighted by Crippen LogP contribution is 2.37. The van der Waals surface area contributed by atoms with Gasteiger partial charge in [-0.25, -0.2) is 4.98 Å². The van der Waals surface area contributed by atoms with Gasteiger partial charge in [-0.15, -0.1) is 0 Å². The van der Waals surface area contributed by atoms with Crippen LogP contribution in [0.4, 0.5) is 5.95 Å². The first-order valence-corrected chi connectivity index (χ1v) is 6.76. The largest absolute Gasteiger partial charge is 0.491 e. The summed E-state index contributed by atoms with van der Waals surface area (Å²) in [5.74, 6) is 1.39. The third kappa shape index (κ3) is 1.58. The molecule has 0 bridgehead atoms. The molecule has 3 aromatic rings. The molecule has 0 fully saturated rings. The topological polar surface area (TPSA) is 53.1 Å². The Labute approximate surface area is 120 Å². The molecule has 100 valence electrons. The van der Waals surface area contributed by atoms with Gasteiger partial charge in [0.15, 0.2) is 0 Å². The van der Waals surface area contributed by atoms with E-state index in [2.05, 4.69) is 11.1 Å². The van der Waals surface area contributed by atoms with Crippen LogP contribution in [0.25, 0.3) is 11.0 Å². The Bertz CT molecular complexity index is 812. The molecule has 4 nitrogen and oxygen atoms in total. The van der Waals surface area contributed by atoms with Gasteiger partial charge in [-0.3, -0.25) is 4.57 Å². The zero-order valence-electron chi connectivity index (χ0n) is 10.6. The van der Waals surface area contributed by atoms with Gasteiger partial charge in [0.05, 0.1) is 17.1 Å². The first kappa shape index (κ1) is 11.6. The number of fused-ring (bicyclic) bond motifs is 2. The van der Waals surface area contributed by atoms with E-state index in [0.29, 0.717) is 17.6 Å². The minimum Gasteiger partial charge on any atom is -0.491 e. The van der Waals surface area contributed by atoms with Gasteiger partial charge in [-0.05, 0) is 24.3 Å². The summed E-state index contributed by atoms with van der Waals surface area (Å²) in [5, 5.41) is 0.658. The van der Waals surface area contributed by atoms with Gasteiger partial charge in [-0.2, -0.15) is 0 Å². The van der Waals surface area contributed by atoms with E-state index >= 15 is 0 Å². The molecular weight excluding hydrogens is 274 g/mol. The number of rotatable bonds is 1. The average Bonchev–Trinajstić information content (AvgIpc) is 2.98. The number of imidazole rings is 1. The summed E-state index contributed by atoms with van der Waals surface area (Å²) in [5.41, 5.74) is 9.00. The summed E-state index contributed by atoms with van der Waals surface area (Å²) in [6.45, 7) is 0.567. The Morgan fingerprint density at radius 3 is 3.00 bits per heavy atom. The van der Waals surface area contributed by atoms with Gasteiger partial charge >= 0.3 is 0 Å². The van der Waals surface area contributed by atoms with Crippen LogP contribution >= 0.6 is 11.6 Å². The van der Waals surface area contributed by atoms with Gasteiger partial charge in [0.25, 0.3) is 0 Å². The van der Waals surface area contributed by atoms with Crippen molar-refractivity contribution in [2.45, 2.75) is 6.04 Å². The highest BCUT2D eigenvalue weighted by Gasteiger charge is 2.28. The predicted octanol–water partition coefficient (Wildman–Crippen LogP) is 3.25. The van der Waals surface area contributed by atoms with E-state index in [1.54, 1.807) is 0 Å². The van der Waals surface area contributed by atoms with Gasteiger partial charge in [0, 0.05) is 10.6 Å². The third-order valence-corrected chi connectivity index (χ3v) is 3.90. The number of nitrogens with zero attached hydrogens (tertiary/aromatic N) is 2. The molecule has 1 aliphatic heterocycles. The minimum absolute atomic E-state index is 0.0531. The van der Waals surface area contributed by atoms with Crippen molar-refractivity contribution >= 4 is 28.6 Å². The molecule has 0 radical (unpaired) electrons. The van der Waals surface area contributed by atoms with E-state index in [1.807, 2.05) is 41.0 Å². The van der Waals surface area contributed by atoms with E-state index in [0.717, 1.165) is 22.3 Å². The van der Waals surface area contributed by atoms with E-state index in [1.165, 1.54) is 0 Å². The summed E-state index contributed by atoms with van der Waals surface area (Å²) < 4.78 is 7.74. The van der Waals surface area contributed by atoms with E-state index in [9.17, 15) is 0 Å². The summed E-state index contributed by atoms with van der Waals surface area (Å²) in [6, 6.07) is 13.7. The number of para-hydroxylation sites is 1. The number of anilines is 1. The molecule has 4 rings (SSSR count). The number of ether oxygens (including phenoxy) is 1. The number of halogens is 1. The van der Waals surface area contributed by atoms with Crippen LogP contribution in [0, 0.1) is 0 Å². The highest BCUT2D eigenvalue weighted by atomic mass is 35.5. The molecule has 1 atom stereocenters. The lowest BCUT2D eigenvalue weighted by atomic mass is 10.1. The molecule has 5 heteroatoms. The van der Waals surface area contributed by atoms with Crippen molar-refractivity contribution in [3.63, 3.8) is 0 Å². The molecule has 1 aromatic heterocycles. The summed E-state index contributed by atoms with van der Waals surface area (Å²) in [7, 11) is 0. The molecule has 0 spiro atoms. The third-order valence-electron chi connectivity index (χ3n) is 3.67. The smallest absolute Gasteiger partial charge is 0.201 e. The fraction of sp³-hybridized carbons (Fsp3) is 0.133. The molecule has 0 saturated carbocycles. The first-order chi connectivity index (χ1) is 9.74. The molecule has 0 amide bonds. The first-order valence-electron chi connectivity index (χ1n) is 6.39. The second-order valence-electron chi connectivity index (χ2n) is 4.84. The van der Waals surface area contributed by atoms with Gasteiger partial charge in [0.2, 0.25) is 5.95 Å². The van der Waals surface area contributed by atoms with Crippen LogP contribution in [-0.4, -0.2) is 16.2 Å². The minimum atomic E-state index is 0.0531. The van der Waals surface area contributed by atoms with Crippen LogP contribution in [0.5, 0.6) is 5.75 Å². The lowest BCUT2D eigenvalue weighted by Gasteiger charge is -2.13. The zero-order chi connectivity index (χ0) is 13.7. The maximum absolute atomic E-state index is 6.09. The molecule has 2 N–H and O–H groups in total. The molecule has 1 unspecified atom stereocenters. The molecule has 2 aromatic carbocycles. The monoisotopic (exact) mass is 285 g/mol. The normalized spacial score (nSPS) is 17.1. The van der Waals surface area contributed by atoms with Crippen LogP contribution in [0.3, 0.4) is 0 Å². The Balaban J connectivity index is 1.94. The molecule has 20 heavy (non-hydrogen) atoms. The van der Waals surface area contributed by atoms with E-state index in [-0.39, 0.29) is 6.04 Å². The van der Waals surface area contributed by atoms with Crippen molar-refractivity contribution in [2.75, 3.05) is 12.3 Å². The Morgan fingerprint density at radius 1 is 1.25 bits per heavy atom. The second-order valence-corrected chi connectivity index (χ2v) is 5.27. The van der Waals surface area contributed by atoms with E-state index in [4.69, 9.17) is 22.1 Å². The predicted molar refractivity (Wildman–Crippen MR) is 79.2 cm³/mol. The number of benzene rings is 2. The molecule has 0 saturated heterocycles. The number of aromatic nitrogens is 2. The zero-order valence-corrected chi connectivity index (χ0v) is 11.3. The van der Waals surface area contributed by atoms with Gasteiger partial charge in [0.1, 0.15) is 12.4 Å². The average molecular weight is 286 g/mol. The lowest BCUT2D eigenvalue weighted by Crippen LogP contribution is -2.14. The van der Waals surface area contributed by atoms with Gasteiger partial charge < -0.3 is 10.5 Å². The quantitative estimate of drug-likeness (QED) is 0.747. The fourth-order valence-electron chi connectivity index (χ4n) is 2.78. The summed E-state index contributed by atoms with van der Waals surface area (Å²) in [6.07, 6.45) is 0. The van der Waals surface area contributed by atoms with Crippen LogP contribution in [-0.2, 0) is 0 Å². The number of nitrogens with two attached hydrogens (primary N) is 1. The number of hydrogen-bond acceptors (Lipinski definition) is 3. The van der Waals surface area contributed by atoms with Crippen LogP contribution < -0.4 is 10.5 Å². The maximum Gasteiger partial charge on any atom is 0.201 e. The molecule has 2 heterocycles. The summed E-state index contributed by atoms with van der Waals surface area (Å²) in [4.78, 5) is 4.39. The Morgan fingerprint density at radius 2 is 2.10 bits per heavy atom. The van der Waals surface area contributed by atoms with Crippen LogP contribution in [0.15, 0.2) is 42.5 Å². The van der Waals surface area contributed by atoms with Crippen molar-refractivity contribution in [3.05, 3.63) is 53.1 Å². The Kier molecular flexibility index (Phi) is 2.41. The van der Waals surface area contributed by atoms with Gasteiger partial charge in [-0.1, -0.05) is 29.8 Å². The SMILES string of the molecule is Nc1nc2cc(Cl)ccc2n1C1COc2ccccc21. The standard InChI is InChI=1S/C15H12ClN3O/c16-9-5-6-12-11(7-9)18-15(17)19(12)13-8-20-14-4-2-1-3-10(13)14/h1-7,13H,8H2,(H2,17,18). The van der Waals surface area contributed by atoms with Crippen molar-refractivity contribution in [1.82, 2.24) is 9.55 Å². The van der Waals surface area contributed by atoms with Crippen molar-refractivity contribution in [2.24, 2.45) is 0 Å². The fourth-order valence-corrected chi connectivity index (χ4v) is 2.94. The van der Waals surface area contributed by atoms with Crippen LogP contribution in [0.1, 0.15) is 11.6 Å².